The van der Waals surface area contributed by atoms with Crippen molar-refractivity contribution in [1.29, 1.82) is 0 Å². The molecule has 174 valence electrons. The van der Waals surface area contributed by atoms with Crippen LogP contribution in [-0.4, -0.2) is 65.7 Å². The number of amides is 2. The number of rotatable bonds is 6. The average Bonchev–Trinajstić information content (AvgIpc) is 2.70. The Bertz CT molecular complexity index is 742. The highest BCUT2D eigenvalue weighted by molar-refractivity contribution is 5.76. The lowest BCUT2D eigenvalue weighted by atomic mass is 9.90. The van der Waals surface area contributed by atoms with Crippen molar-refractivity contribution in [3.63, 3.8) is 0 Å². The van der Waals surface area contributed by atoms with Crippen LogP contribution < -0.4 is 10.2 Å². The monoisotopic (exact) mass is 445 g/mol. The molecule has 1 fully saturated rings. The molecular formula is C20H30F3N5O3. The molecule has 1 saturated heterocycles. The Morgan fingerprint density at radius 1 is 1.13 bits per heavy atom. The van der Waals surface area contributed by atoms with Gasteiger partial charge in [0.25, 0.3) is 0 Å². The maximum Gasteiger partial charge on any atom is 0.419 e. The average molecular weight is 445 g/mol. The maximum atomic E-state index is 12.6. The molecule has 1 N–H and O–H groups in total. The summed E-state index contributed by atoms with van der Waals surface area (Å²) in [5.41, 5.74) is -1.05. The molecule has 0 aliphatic carbocycles. The van der Waals surface area contributed by atoms with Gasteiger partial charge in [0.05, 0.1) is 5.56 Å². The number of nitrogens with one attached hydrogen (secondary N) is 1. The van der Waals surface area contributed by atoms with Crippen molar-refractivity contribution in [3.05, 3.63) is 18.0 Å². The fourth-order valence-corrected chi connectivity index (χ4v) is 2.75. The highest BCUT2D eigenvalue weighted by Crippen LogP contribution is 2.28. The van der Waals surface area contributed by atoms with E-state index in [-0.39, 0.29) is 29.8 Å². The van der Waals surface area contributed by atoms with Crippen LogP contribution in [0.4, 0.5) is 23.9 Å². The summed E-state index contributed by atoms with van der Waals surface area (Å²) in [6.45, 7) is 9.84. The summed E-state index contributed by atoms with van der Waals surface area (Å²) in [5, 5.41) is 2.65. The van der Waals surface area contributed by atoms with Gasteiger partial charge in [-0.3, -0.25) is 4.79 Å². The quantitative estimate of drug-likeness (QED) is 0.677. The van der Waals surface area contributed by atoms with Crippen LogP contribution in [0.5, 0.6) is 0 Å². The van der Waals surface area contributed by atoms with E-state index in [9.17, 15) is 22.8 Å². The number of nitrogens with zero attached hydrogens (tertiary/aromatic N) is 4. The van der Waals surface area contributed by atoms with Gasteiger partial charge in [0, 0.05) is 51.5 Å². The zero-order valence-corrected chi connectivity index (χ0v) is 18.3. The number of carbonyl (C=O) groups is 2. The molecular weight excluding hydrogens is 415 g/mol. The minimum absolute atomic E-state index is 0.0359. The van der Waals surface area contributed by atoms with E-state index >= 15 is 0 Å². The molecule has 0 saturated carbocycles. The topological polar surface area (TPSA) is 87.7 Å². The summed E-state index contributed by atoms with van der Waals surface area (Å²) in [4.78, 5) is 35.2. The Hall–Kier alpha value is -2.59. The first-order chi connectivity index (χ1) is 14.4. The van der Waals surface area contributed by atoms with E-state index in [1.165, 1.54) is 0 Å². The normalized spacial score (nSPS) is 16.1. The number of anilines is 1. The van der Waals surface area contributed by atoms with E-state index < -0.39 is 17.8 Å². The SMILES string of the molecule is CC(OC(=O)NCCCC(=O)N1CCN(c2ncc(C(F)(F)F)cn2)CC1)C(C)(C)C. The van der Waals surface area contributed by atoms with E-state index in [0.717, 1.165) is 12.4 Å². The molecule has 0 aromatic carbocycles. The van der Waals surface area contributed by atoms with Crippen LogP contribution in [0.2, 0.25) is 0 Å². The van der Waals surface area contributed by atoms with Crippen molar-refractivity contribution in [2.24, 2.45) is 5.41 Å². The van der Waals surface area contributed by atoms with Crippen LogP contribution in [0.3, 0.4) is 0 Å². The lowest BCUT2D eigenvalue weighted by Crippen LogP contribution is -2.49. The third kappa shape index (κ3) is 7.55. The third-order valence-electron chi connectivity index (χ3n) is 5.22. The van der Waals surface area contributed by atoms with Crippen molar-refractivity contribution in [3.8, 4) is 0 Å². The van der Waals surface area contributed by atoms with Crippen LogP contribution in [0.25, 0.3) is 0 Å². The van der Waals surface area contributed by atoms with Gasteiger partial charge in [-0.25, -0.2) is 14.8 Å². The molecule has 11 heteroatoms. The predicted octanol–water partition coefficient (Wildman–Crippen LogP) is 3.09. The molecule has 8 nitrogen and oxygen atoms in total. The Morgan fingerprint density at radius 2 is 1.71 bits per heavy atom. The van der Waals surface area contributed by atoms with E-state index in [1.54, 1.807) is 9.80 Å². The molecule has 1 unspecified atom stereocenters. The second-order valence-corrected chi connectivity index (χ2v) is 8.58. The molecule has 0 bridgehead atoms. The molecule has 1 aromatic rings. The summed E-state index contributed by atoms with van der Waals surface area (Å²) in [6.07, 6.45) is -2.91. The number of hydrogen-bond acceptors (Lipinski definition) is 6. The smallest absolute Gasteiger partial charge is 0.419 e. The highest BCUT2D eigenvalue weighted by atomic mass is 19.4. The second-order valence-electron chi connectivity index (χ2n) is 8.58. The lowest BCUT2D eigenvalue weighted by molar-refractivity contribution is -0.138. The van der Waals surface area contributed by atoms with E-state index in [0.29, 0.717) is 39.1 Å². The number of piperazine rings is 1. The van der Waals surface area contributed by atoms with Crippen molar-refractivity contribution in [2.45, 2.75) is 52.8 Å². The zero-order chi connectivity index (χ0) is 23.2. The molecule has 0 radical (unpaired) electrons. The van der Waals surface area contributed by atoms with Gasteiger partial charge in [-0.2, -0.15) is 13.2 Å². The molecule has 2 amide bonds. The number of alkyl halides is 3. The molecule has 1 aliphatic rings. The molecule has 0 spiro atoms. The summed E-state index contributed by atoms with van der Waals surface area (Å²) in [7, 11) is 0. The third-order valence-corrected chi connectivity index (χ3v) is 5.22. The number of halogens is 3. The zero-order valence-electron chi connectivity index (χ0n) is 18.3. The van der Waals surface area contributed by atoms with E-state index in [2.05, 4.69) is 15.3 Å². The first kappa shape index (κ1) is 24.7. The van der Waals surface area contributed by atoms with Crippen LogP contribution in [0.15, 0.2) is 12.4 Å². The summed E-state index contributed by atoms with van der Waals surface area (Å²) >= 11 is 0. The number of ether oxygens (including phenoxy) is 1. The molecule has 1 aromatic heterocycles. The van der Waals surface area contributed by atoms with Crippen LogP contribution >= 0.6 is 0 Å². The summed E-state index contributed by atoms with van der Waals surface area (Å²) < 4.78 is 43.1. The van der Waals surface area contributed by atoms with Gasteiger partial charge >= 0.3 is 12.3 Å². The Balaban J connectivity index is 1.68. The van der Waals surface area contributed by atoms with Crippen LogP contribution in [-0.2, 0) is 15.7 Å². The fraction of sp³-hybridized carbons (Fsp3) is 0.700. The first-order valence-electron chi connectivity index (χ1n) is 10.2. The van der Waals surface area contributed by atoms with Gasteiger partial charge in [0.1, 0.15) is 6.10 Å². The first-order valence-corrected chi connectivity index (χ1v) is 10.2. The number of hydrogen-bond donors (Lipinski definition) is 1. The minimum Gasteiger partial charge on any atom is -0.446 e. The number of carbonyl (C=O) groups excluding carboxylic acids is 2. The summed E-state index contributed by atoms with van der Waals surface area (Å²) in [6, 6.07) is 0. The van der Waals surface area contributed by atoms with Gasteiger partial charge in [-0.15, -0.1) is 0 Å². The van der Waals surface area contributed by atoms with Gasteiger partial charge in [-0.1, -0.05) is 20.8 Å². The Kier molecular flexibility index (Phi) is 8.08. The highest BCUT2D eigenvalue weighted by Gasteiger charge is 2.32. The second kappa shape index (κ2) is 10.1. The van der Waals surface area contributed by atoms with Crippen molar-refractivity contribution < 1.29 is 27.5 Å². The van der Waals surface area contributed by atoms with Gasteiger partial charge < -0.3 is 19.9 Å². The standard InChI is InChI=1S/C20H30F3N5O3/c1-14(19(2,3)4)31-18(30)24-7-5-6-16(29)27-8-10-28(11-9-27)17-25-12-15(13-26-17)20(21,22)23/h12-14H,5-11H2,1-4H3,(H,24,30). The van der Waals surface area contributed by atoms with Crippen molar-refractivity contribution >= 4 is 17.9 Å². The van der Waals surface area contributed by atoms with Crippen molar-refractivity contribution in [2.75, 3.05) is 37.6 Å². The number of alkyl carbamates (subject to hydrolysis) is 1. The molecule has 1 aliphatic heterocycles. The fourth-order valence-electron chi connectivity index (χ4n) is 2.75. The van der Waals surface area contributed by atoms with Crippen LogP contribution in [0, 0.1) is 5.41 Å². The lowest BCUT2D eigenvalue weighted by Gasteiger charge is -2.34. The molecule has 1 atom stereocenters. The predicted molar refractivity (Wildman–Crippen MR) is 108 cm³/mol. The summed E-state index contributed by atoms with van der Waals surface area (Å²) in [5.74, 6) is 0.179. The van der Waals surface area contributed by atoms with E-state index in [1.807, 2.05) is 27.7 Å². The molecule has 2 rings (SSSR count). The molecule has 2 heterocycles. The van der Waals surface area contributed by atoms with Crippen molar-refractivity contribution in [1.82, 2.24) is 20.2 Å². The minimum atomic E-state index is -4.47. The molecule has 31 heavy (non-hydrogen) atoms. The van der Waals surface area contributed by atoms with Gasteiger partial charge in [0.2, 0.25) is 11.9 Å². The Morgan fingerprint density at radius 3 is 2.23 bits per heavy atom. The van der Waals surface area contributed by atoms with Crippen LogP contribution in [0.1, 0.15) is 46.1 Å². The maximum absolute atomic E-state index is 12.6. The van der Waals surface area contributed by atoms with E-state index in [4.69, 9.17) is 4.74 Å². The van der Waals surface area contributed by atoms with Gasteiger partial charge in [0.15, 0.2) is 0 Å². The number of aromatic nitrogens is 2. The largest absolute Gasteiger partial charge is 0.446 e. The van der Waals surface area contributed by atoms with Gasteiger partial charge in [-0.05, 0) is 18.8 Å². The Labute approximate surface area is 180 Å².